The van der Waals surface area contributed by atoms with Crippen LogP contribution in [0.25, 0.3) is 0 Å². The average molecular weight is 129 g/mol. The van der Waals surface area contributed by atoms with Crippen LogP contribution < -0.4 is 4.90 Å². The molecular formula is C4H8BNO3. The predicted molar refractivity (Wildman–Crippen MR) is 30.6 cm³/mol. The maximum Gasteiger partial charge on any atom is 0.694 e. The SMILES string of the molecule is C1=[NH+][B-]2(OC1)OCCO2. The van der Waals surface area contributed by atoms with E-state index >= 15 is 0 Å². The molecule has 0 saturated carbocycles. The van der Waals surface area contributed by atoms with Gasteiger partial charge >= 0.3 is 6.89 Å². The lowest BCUT2D eigenvalue weighted by atomic mass is 10.0. The second kappa shape index (κ2) is 1.80. The van der Waals surface area contributed by atoms with Crippen molar-refractivity contribution in [2.75, 3.05) is 19.8 Å². The van der Waals surface area contributed by atoms with Gasteiger partial charge in [0.15, 0.2) is 0 Å². The minimum Gasteiger partial charge on any atom is -0.475 e. The molecule has 4 nitrogen and oxygen atoms in total. The summed E-state index contributed by atoms with van der Waals surface area (Å²) in [5.74, 6) is 0. The number of hydrogen-bond acceptors (Lipinski definition) is 3. The number of rotatable bonds is 0. The fraction of sp³-hybridized carbons (Fsp3) is 0.750. The first-order valence-electron chi connectivity index (χ1n) is 3.06. The Hall–Kier alpha value is -0.385. The van der Waals surface area contributed by atoms with Gasteiger partial charge in [0.05, 0.1) is 6.61 Å². The molecule has 0 radical (unpaired) electrons. The summed E-state index contributed by atoms with van der Waals surface area (Å²) >= 11 is 0. The lowest BCUT2D eigenvalue weighted by molar-refractivity contribution is -0.359. The van der Waals surface area contributed by atoms with E-state index in [2.05, 4.69) is 4.90 Å². The Balaban J connectivity index is 2.13. The summed E-state index contributed by atoms with van der Waals surface area (Å²) in [4.78, 5) is 2.90. The Labute approximate surface area is 52.8 Å². The van der Waals surface area contributed by atoms with Crippen molar-refractivity contribution < 1.29 is 18.9 Å². The van der Waals surface area contributed by atoms with Crippen molar-refractivity contribution in [1.82, 2.24) is 0 Å². The predicted octanol–water partition coefficient (Wildman–Crippen LogP) is -2.35. The molecule has 1 saturated heterocycles. The molecule has 0 aromatic heterocycles. The molecule has 1 fully saturated rings. The summed E-state index contributed by atoms with van der Waals surface area (Å²) in [5.41, 5.74) is 0. The fourth-order valence-corrected chi connectivity index (χ4v) is 1.06. The summed E-state index contributed by atoms with van der Waals surface area (Å²) in [5, 5.41) is 0. The van der Waals surface area contributed by atoms with Crippen LogP contribution in [0.15, 0.2) is 0 Å². The highest BCUT2D eigenvalue weighted by atomic mass is 16.8. The molecule has 0 atom stereocenters. The van der Waals surface area contributed by atoms with Gasteiger partial charge in [-0.05, 0) is 0 Å². The van der Waals surface area contributed by atoms with E-state index in [1.54, 1.807) is 6.21 Å². The zero-order valence-electron chi connectivity index (χ0n) is 5.00. The Bertz CT molecular complexity index is 143. The second-order valence-electron chi connectivity index (χ2n) is 2.09. The summed E-state index contributed by atoms with van der Waals surface area (Å²) in [6.07, 6.45) is 1.80. The Morgan fingerprint density at radius 3 is 2.56 bits per heavy atom. The van der Waals surface area contributed by atoms with Gasteiger partial charge in [-0.1, -0.05) is 0 Å². The minimum absolute atomic E-state index is 0.569. The quantitative estimate of drug-likeness (QED) is 0.372. The molecule has 1 N–H and O–H groups in total. The van der Waals surface area contributed by atoms with Crippen LogP contribution >= 0.6 is 0 Å². The van der Waals surface area contributed by atoms with Gasteiger partial charge in [-0.3, -0.25) is 0 Å². The van der Waals surface area contributed by atoms with E-state index in [1.165, 1.54) is 0 Å². The van der Waals surface area contributed by atoms with Gasteiger partial charge < -0.3 is 18.9 Å². The molecule has 0 bridgehead atoms. The van der Waals surface area contributed by atoms with E-state index in [1.807, 2.05) is 0 Å². The lowest BCUT2D eigenvalue weighted by Gasteiger charge is -2.15. The average Bonchev–Trinajstić information content (AvgIpc) is 2.45. The molecule has 0 unspecified atom stereocenters. The highest BCUT2D eigenvalue weighted by molar-refractivity contribution is 6.52. The first-order valence-corrected chi connectivity index (χ1v) is 3.06. The molecule has 2 aliphatic rings. The van der Waals surface area contributed by atoms with Crippen molar-refractivity contribution in [3.05, 3.63) is 0 Å². The zero-order chi connectivity index (χ0) is 6.16. The van der Waals surface area contributed by atoms with Crippen LogP contribution in [0.4, 0.5) is 0 Å². The van der Waals surface area contributed by atoms with Gasteiger partial charge in [-0.2, -0.15) is 0 Å². The molecular weight excluding hydrogens is 121 g/mol. The topological polar surface area (TPSA) is 41.7 Å². The van der Waals surface area contributed by atoms with Gasteiger partial charge in [0.2, 0.25) is 0 Å². The van der Waals surface area contributed by atoms with Crippen molar-refractivity contribution in [3.8, 4) is 0 Å². The van der Waals surface area contributed by atoms with Crippen molar-refractivity contribution in [3.63, 3.8) is 0 Å². The summed E-state index contributed by atoms with van der Waals surface area (Å²) in [7, 11) is 0. The van der Waals surface area contributed by atoms with E-state index in [9.17, 15) is 0 Å². The number of nitrogens with one attached hydrogen (secondary N) is 1. The first-order chi connectivity index (χ1) is 4.41. The lowest BCUT2D eigenvalue weighted by Crippen LogP contribution is -2.88. The van der Waals surface area contributed by atoms with Crippen molar-refractivity contribution >= 4 is 13.1 Å². The summed E-state index contributed by atoms with van der Waals surface area (Å²) in [6, 6.07) is 0. The Morgan fingerprint density at radius 2 is 2.00 bits per heavy atom. The molecule has 1 spiro atoms. The molecule has 5 heteroatoms. The van der Waals surface area contributed by atoms with Crippen LogP contribution in [0.5, 0.6) is 0 Å². The summed E-state index contributed by atoms with van der Waals surface area (Å²) in [6.45, 7) is 0.293. The molecule has 2 rings (SSSR count). The van der Waals surface area contributed by atoms with E-state index in [0.29, 0.717) is 19.8 Å². The number of hydrogen-bond donors (Lipinski definition) is 1. The highest BCUT2D eigenvalue weighted by Crippen LogP contribution is 2.07. The van der Waals surface area contributed by atoms with Crippen LogP contribution in [0, 0.1) is 0 Å². The third-order valence-electron chi connectivity index (χ3n) is 1.48. The standard InChI is InChI=1S/C4H8BNO3/c1-2-7-5(6-1)8-3-4-9-5/h1,6H,2-4H2. The van der Waals surface area contributed by atoms with Gasteiger partial charge in [0.25, 0.3) is 0 Å². The molecule has 0 amide bonds. The summed E-state index contributed by atoms with van der Waals surface area (Å²) < 4.78 is 15.5. The highest BCUT2D eigenvalue weighted by Gasteiger charge is 2.45. The zero-order valence-corrected chi connectivity index (χ0v) is 5.00. The normalized spacial score (nSPS) is 30.2. The monoisotopic (exact) mass is 129 g/mol. The van der Waals surface area contributed by atoms with E-state index in [4.69, 9.17) is 14.0 Å². The minimum atomic E-state index is -1.53. The molecule has 0 aliphatic carbocycles. The maximum atomic E-state index is 5.18. The molecule has 0 aromatic carbocycles. The molecule has 2 heterocycles. The third-order valence-corrected chi connectivity index (χ3v) is 1.48. The van der Waals surface area contributed by atoms with Gasteiger partial charge in [0.1, 0.15) is 6.21 Å². The molecule has 9 heavy (non-hydrogen) atoms. The largest absolute Gasteiger partial charge is 0.694 e. The van der Waals surface area contributed by atoms with Gasteiger partial charge in [0, 0.05) is 13.2 Å². The van der Waals surface area contributed by atoms with E-state index in [-0.39, 0.29) is 0 Å². The Kier molecular flexibility index (Phi) is 1.08. The third kappa shape index (κ3) is 0.774. The van der Waals surface area contributed by atoms with E-state index in [0.717, 1.165) is 0 Å². The van der Waals surface area contributed by atoms with Crippen LogP contribution in [0.2, 0.25) is 0 Å². The van der Waals surface area contributed by atoms with Gasteiger partial charge in [-0.15, -0.1) is 0 Å². The van der Waals surface area contributed by atoms with E-state index < -0.39 is 6.89 Å². The Morgan fingerprint density at radius 1 is 1.22 bits per heavy atom. The van der Waals surface area contributed by atoms with Crippen LogP contribution in [0.1, 0.15) is 0 Å². The first kappa shape index (κ1) is 5.40. The van der Waals surface area contributed by atoms with Crippen molar-refractivity contribution in [2.45, 2.75) is 0 Å². The molecule has 50 valence electrons. The van der Waals surface area contributed by atoms with Crippen LogP contribution in [0.3, 0.4) is 0 Å². The van der Waals surface area contributed by atoms with Crippen molar-refractivity contribution in [1.29, 1.82) is 0 Å². The molecule has 2 aliphatic heterocycles. The van der Waals surface area contributed by atoms with Crippen molar-refractivity contribution in [2.24, 2.45) is 0 Å². The second-order valence-corrected chi connectivity index (χ2v) is 2.09. The van der Waals surface area contributed by atoms with Crippen LogP contribution in [-0.2, 0) is 14.0 Å². The maximum absolute atomic E-state index is 5.18. The van der Waals surface area contributed by atoms with Gasteiger partial charge in [-0.25, -0.2) is 0 Å². The van der Waals surface area contributed by atoms with Crippen LogP contribution in [-0.4, -0.2) is 32.9 Å². The molecule has 0 aromatic rings. The fourth-order valence-electron chi connectivity index (χ4n) is 1.06. The smallest absolute Gasteiger partial charge is 0.475 e.